The Morgan fingerprint density at radius 3 is 2.72 bits per heavy atom. The molecule has 2 rings (SSSR count). The quantitative estimate of drug-likeness (QED) is 0.711. The van der Waals surface area contributed by atoms with Crippen LogP contribution in [0.15, 0.2) is 24.3 Å². The molecule has 0 bridgehead atoms. The van der Waals surface area contributed by atoms with Crippen LogP contribution in [0, 0.1) is 0 Å². The Labute approximate surface area is 104 Å². The number of ether oxygens (including phenoxy) is 1. The average molecular weight is 250 g/mol. The Bertz CT molecular complexity index is 444. The van der Waals surface area contributed by atoms with Gasteiger partial charge in [0.05, 0.1) is 12.1 Å². The molecule has 0 radical (unpaired) electrons. The number of rotatable bonds is 5. The van der Waals surface area contributed by atoms with Crippen molar-refractivity contribution in [1.82, 2.24) is 10.6 Å². The molecule has 1 amide bonds. The molecule has 18 heavy (non-hydrogen) atoms. The molecule has 1 aromatic rings. The molecular weight excluding hydrogens is 236 g/mol. The van der Waals surface area contributed by atoms with Gasteiger partial charge >= 0.3 is 12.1 Å². The number of alkyl carbamates (subject to hydrolysis) is 1. The first-order valence-electron chi connectivity index (χ1n) is 5.62. The Morgan fingerprint density at radius 2 is 2.17 bits per heavy atom. The van der Waals surface area contributed by atoms with Gasteiger partial charge in [0.25, 0.3) is 0 Å². The van der Waals surface area contributed by atoms with Crippen molar-refractivity contribution in [1.29, 1.82) is 0 Å². The van der Waals surface area contributed by atoms with Gasteiger partial charge in [-0.2, -0.15) is 0 Å². The van der Waals surface area contributed by atoms with Crippen molar-refractivity contribution in [3.8, 4) is 0 Å². The molecule has 1 fully saturated rings. The third-order valence-electron chi connectivity index (χ3n) is 2.65. The van der Waals surface area contributed by atoms with E-state index in [4.69, 9.17) is 9.84 Å². The third kappa shape index (κ3) is 3.21. The number of cyclic esters (lactones) is 1. The van der Waals surface area contributed by atoms with Gasteiger partial charge in [-0.25, -0.2) is 9.59 Å². The van der Waals surface area contributed by atoms with Gasteiger partial charge in [0.2, 0.25) is 0 Å². The lowest BCUT2D eigenvalue weighted by molar-refractivity contribution is 0.0697. The Balaban J connectivity index is 1.76. The third-order valence-corrected chi connectivity index (χ3v) is 2.65. The molecule has 6 heteroatoms. The number of hydrogen-bond donors (Lipinski definition) is 3. The molecular formula is C12H14N2O4. The van der Waals surface area contributed by atoms with Crippen LogP contribution >= 0.6 is 0 Å². The smallest absolute Gasteiger partial charge is 0.407 e. The zero-order chi connectivity index (χ0) is 13.0. The zero-order valence-electron chi connectivity index (χ0n) is 9.68. The highest BCUT2D eigenvalue weighted by atomic mass is 16.6. The van der Waals surface area contributed by atoms with Crippen LogP contribution in [0.2, 0.25) is 0 Å². The van der Waals surface area contributed by atoms with E-state index >= 15 is 0 Å². The summed E-state index contributed by atoms with van der Waals surface area (Å²) in [6.45, 7) is 1.69. The maximum atomic E-state index is 10.8. The molecule has 1 aromatic carbocycles. The van der Waals surface area contributed by atoms with E-state index in [1.54, 1.807) is 24.3 Å². The molecule has 1 saturated heterocycles. The second kappa shape index (κ2) is 5.50. The molecule has 1 aliphatic heterocycles. The maximum absolute atomic E-state index is 10.8. The normalized spacial score (nSPS) is 18.2. The highest BCUT2D eigenvalue weighted by molar-refractivity contribution is 5.87. The summed E-state index contributed by atoms with van der Waals surface area (Å²) in [6, 6.07) is 6.65. The number of hydrogen-bond acceptors (Lipinski definition) is 4. The Hall–Kier alpha value is -2.08. The van der Waals surface area contributed by atoms with Crippen LogP contribution in [0.25, 0.3) is 0 Å². The number of carbonyl (C=O) groups is 2. The van der Waals surface area contributed by atoms with E-state index in [1.165, 1.54) is 0 Å². The first-order valence-corrected chi connectivity index (χ1v) is 5.62. The summed E-state index contributed by atoms with van der Waals surface area (Å²) in [5, 5.41) is 14.5. The van der Waals surface area contributed by atoms with Crippen LogP contribution < -0.4 is 10.6 Å². The highest BCUT2D eigenvalue weighted by Gasteiger charge is 2.21. The number of carboxylic acid groups (broad SMARTS) is 1. The van der Waals surface area contributed by atoms with Crippen molar-refractivity contribution < 1.29 is 19.4 Å². The summed E-state index contributed by atoms with van der Waals surface area (Å²) in [7, 11) is 0. The summed E-state index contributed by atoms with van der Waals surface area (Å²) in [4.78, 5) is 21.4. The molecule has 0 aromatic heterocycles. The van der Waals surface area contributed by atoms with E-state index in [0.29, 0.717) is 19.6 Å². The van der Waals surface area contributed by atoms with E-state index in [1.807, 2.05) is 0 Å². The average Bonchev–Trinajstić information content (AvgIpc) is 2.76. The van der Waals surface area contributed by atoms with Gasteiger partial charge in [-0.1, -0.05) is 12.1 Å². The number of benzene rings is 1. The minimum absolute atomic E-state index is 0.143. The van der Waals surface area contributed by atoms with Crippen molar-refractivity contribution in [2.75, 3.05) is 13.1 Å². The van der Waals surface area contributed by atoms with E-state index in [9.17, 15) is 9.59 Å². The van der Waals surface area contributed by atoms with Crippen LogP contribution in [0.5, 0.6) is 0 Å². The molecule has 96 valence electrons. The van der Waals surface area contributed by atoms with Gasteiger partial charge in [-0.3, -0.25) is 0 Å². The van der Waals surface area contributed by atoms with E-state index in [2.05, 4.69) is 10.6 Å². The van der Waals surface area contributed by atoms with E-state index < -0.39 is 5.97 Å². The largest absolute Gasteiger partial charge is 0.478 e. The predicted octanol–water partition coefficient (Wildman–Crippen LogP) is 0.583. The highest BCUT2D eigenvalue weighted by Crippen LogP contribution is 2.05. The molecule has 0 aliphatic carbocycles. The lowest BCUT2D eigenvalue weighted by atomic mass is 10.1. The molecule has 1 aliphatic rings. The summed E-state index contributed by atoms with van der Waals surface area (Å²) >= 11 is 0. The minimum atomic E-state index is -0.932. The van der Waals surface area contributed by atoms with Crippen LogP contribution in [0.4, 0.5) is 4.79 Å². The lowest BCUT2D eigenvalue weighted by Crippen LogP contribution is -2.29. The van der Waals surface area contributed by atoms with Gasteiger partial charge in [0.1, 0.15) is 6.10 Å². The maximum Gasteiger partial charge on any atom is 0.407 e. The Morgan fingerprint density at radius 1 is 1.44 bits per heavy atom. The van der Waals surface area contributed by atoms with Crippen LogP contribution in [-0.4, -0.2) is 36.4 Å². The van der Waals surface area contributed by atoms with Crippen molar-refractivity contribution >= 4 is 12.1 Å². The first kappa shape index (κ1) is 12.4. The molecule has 3 N–H and O–H groups in total. The van der Waals surface area contributed by atoms with Crippen molar-refractivity contribution in [2.24, 2.45) is 0 Å². The molecule has 1 atom stereocenters. The number of aromatic carboxylic acids is 1. The molecule has 0 saturated carbocycles. The van der Waals surface area contributed by atoms with Crippen molar-refractivity contribution in [3.63, 3.8) is 0 Å². The minimum Gasteiger partial charge on any atom is -0.478 e. The van der Waals surface area contributed by atoms with E-state index in [0.717, 1.165) is 5.56 Å². The summed E-state index contributed by atoms with van der Waals surface area (Å²) in [6.07, 6.45) is -0.525. The molecule has 6 nitrogen and oxygen atoms in total. The zero-order valence-corrected chi connectivity index (χ0v) is 9.68. The first-order chi connectivity index (χ1) is 8.65. The fraction of sp³-hybridized carbons (Fsp3) is 0.333. The van der Waals surface area contributed by atoms with Gasteiger partial charge < -0.3 is 20.5 Å². The molecule has 1 heterocycles. The van der Waals surface area contributed by atoms with Gasteiger partial charge in [0.15, 0.2) is 0 Å². The van der Waals surface area contributed by atoms with Crippen LogP contribution in [0.3, 0.4) is 0 Å². The SMILES string of the molecule is O=C1NCC(CNCc2ccc(C(=O)O)cc2)O1. The Kier molecular flexibility index (Phi) is 3.78. The second-order valence-electron chi connectivity index (χ2n) is 4.04. The molecule has 0 spiro atoms. The standard InChI is InChI=1S/C12H14N2O4/c15-11(16)9-3-1-8(2-4-9)5-13-6-10-7-14-12(17)18-10/h1-4,10,13H,5-7H2,(H,14,17)(H,15,16). The summed E-state index contributed by atoms with van der Waals surface area (Å²) < 4.78 is 4.96. The number of carbonyl (C=O) groups excluding carboxylic acids is 1. The fourth-order valence-electron chi connectivity index (χ4n) is 1.69. The van der Waals surface area contributed by atoms with Crippen LogP contribution in [-0.2, 0) is 11.3 Å². The fourth-order valence-corrected chi connectivity index (χ4v) is 1.69. The summed E-state index contributed by atoms with van der Waals surface area (Å²) in [5.74, 6) is -0.932. The number of amides is 1. The monoisotopic (exact) mass is 250 g/mol. The lowest BCUT2D eigenvalue weighted by Gasteiger charge is -2.09. The summed E-state index contributed by atoms with van der Waals surface area (Å²) in [5.41, 5.74) is 1.25. The van der Waals surface area contributed by atoms with E-state index in [-0.39, 0.29) is 17.8 Å². The van der Waals surface area contributed by atoms with Gasteiger partial charge in [-0.05, 0) is 17.7 Å². The number of nitrogens with one attached hydrogen (secondary N) is 2. The van der Waals surface area contributed by atoms with Gasteiger partial charge in [-0.15, -0.1) is 0 Å². The second-order valence-corrected chi connectivity index (χ2v) is 4.04. The van der Waals surface area contributed by atoms with Gasteiger partial charge in [0, 0.05) is 13.1 Å². The topological polar surface area (TPSA) is 87.7 Å². The van der Waals surface area contributed by atoms with Crippen molar-refractivity contribution in [2.45, 2.75) is 12.6 Å². The predicted molar refractivity (Wildman–Crippen MR) is 63.4 cm³/mol. The van der Waals surface area contributed by atoms with Crippen LogP contribution in [0.1, 0.15) is 15.9 Å². The number of carboxylic acids is 1. The molecule has 1 unspecified atom stereocenters. The van der Waals surface area contributed by atoms with Crippen molar-refractivity contribution in [3.05, 3.63) is 35.4 Å².